The molecule has 0 saturated heterocycles. The van der Waals surface area contributed by atoms with Crippen molar-refractivity contribution in [1.82, 2.24) is 9.78 Å². The van der Waals surface area contributed by atoms with Crippen LogP contribution in [0, 0.1) is 0 Å². The number of aliphatic carboxylic acids is 1. The predicted octanol–water partition coefficient (Wildman–Crippen LogP) is 0.00130. The van der Waals surface area contributed by atoms with Gasteiger partial charge in [0.2, 0.25) is 0 Å². The number of hydrogen-bond acceptors (Lipinski definition) is 4. The monoisotopic (exact) mass is 245 g/mol. The van der Waals surface area contributed by atoms with Crippen molar-refractivity contribution in [2.75, 3.05) is 19.0 Å². The highest BCUT2D eigenvalue weighted by Gasteiger charge is 2.15. The predicted molar refractivity (Wildman–Crippen MR) is 60.1 cm³/mol. The van der Waals surface area contributed by atoms with Crippen molar-refractivity contribution in [3.05, 3.63) is 22.6 Å². The lowest BCUT2D eigenvalue weighted by atomic mass is 10.4. The quantitative estimate of drug-likeness (QED) is 0.756. The van der Waals surface area contributed by atoms with E-state index in [1.54, 1.807) is 19.0 Å². The van der Waals surface area contributed by atoms with Gasteiger partial charge in [0, 0.05) is 20.2 Å². The highest BCUT2D eigenvalue weighted by atomic mass is 35.5. The molecule has 0 saturated carbocycles. The molecule has 0 bridgehead atoms. The lowest BCUT2D eigenvalue weighted by Crippen LogP contribution is -2.30. The van der Waals surface area contributed by atoms with Crippen LogP contribution < -0.4 is 10.5 Å². The summed E-state index contributed by atoms with van der Waals surface area (Å²) in [4.78, 5) is 23.8. The van der Waals surface area contributed by atoms with Crippen LogP contribution in [-0.2, 0) is 11.3 Å². The molecule has 1 atom stereocenters. The van der Waals surface area contributed by atoms with Crippen molar-refractivity contribution in [3.8, 4) is 0 Å². The molecule has 0 radical (unpaired) electrons. The van der Waals surface area contributed by atoms with E-state index in [-0.39, 0.29) is 12.1 Å². The fourth-order valence-electron chi connectivity index (χ4n) is 1.04. The zero-order valence-corrected chi connectivity index (χ0v) is 9.68. The van der Waals surface area contributed by atoms with Gasteiger partial charge in [0.15, 0.2) is 5.38 Å². The largest absolute Gasteiger partial charge is 0.480 e. The Morgan fingerprint density at radius 3 is 2.75 bits per heavy atom. The summed E-state index contributed by atoms with van der Waals surface area (Å²) >= 11 is 5.51. The maximum absolute atomic E-state index is 11.5. The number of carboxylic acid groups (broad SMARTS) is 1. The first kappa shape index (κ1) is 12.5. The van der Waals surface area contributed by atoms with E-state index >= 15 is 0 Å². The first-order valence-corrected chi connectivity index (χ1v) is 4.97. The van der Waals surface area contributed by atoms with Gasteiger partial charge in [-0.2, -0.15) is 5.10 Å². The van der Waals surface area contributed by atoms with Gasteiger partial charge in [-0.05, 0) is 0 Å². The first-order chi connectivity index (χ1) is 7.41. The molecule has 0 spiro atoms. The highest BCUT2D eigenvalue weighted by molar-refractivity contribution is 6.29. The number of anilines is 1. The van der Waals surface area contributed by atoms with Crippen LogP contribution >= 0.6 is 11.6 Å². The highest BCUT2D eigenvalue weighted by Crippen LogP contribution is 2.04. The van der Waals surface area contributed by atoms with E-state index in [1.165, 1.54) is 12.3 Å². The van der Waals surface area contributed by atoms with E-state index in [9.17, 15) is 9.59 Å². The number of alkyl halides is 1. The van der Waals surface area contributed by atoms with Gasteiger partial charge in [0.05, 0.1) is 18.4 Å². The third-order valence-electron chi connectivity index (χ3n) is 1.97. The van der Waals surface area contributed by atoms with E-state index in [4.69, 9.17) is 16.7 Å². The van der Waals surface area contributed by atoms with Gasteiger partial charge in [-0.15, -0.1) is 11.6 Å². The van der Waals surface area contributed by atoms with Gasteiger partial charge in [-0.1, -0.05) is 0 Å². The molecule has 1 rings (SSSR count). The number of halogens is 1. The van der Waals surface area contributed by atoms with Crippen molar-refractivity contribution in [2.45, 2.75) is 11.9 Å². The van der Waals surface area contributed by atoms with Gasteiger partial charge in [0.25, 0.3) is 5.56 Å². The van der Waals surface area contributed by atoms with Crippen LogP contribution in [0.25, 0.3) is 0 Å². The minimum absolute atomic E-state index is 0.149. The minimum Gasteiger partial charge on any atom is -0.480 e. The second-order valence-electron chi connectivity index (χ2n) is 3.43. The molecule has 0 aromatic carbocycles. The normalized spacial score (nSPS) is 12.2. The van der Waals surface area contributed by atoms with Crippen LogP contribution in [0.2, 0.25) is 0 Å². The van der Waals surface area contributed by atoms with Crippen LogP contribution in [0.5, 0.6) is 0 Å². The topological polar surface area (TPSA) is 75.4 Å². The summed E-state index contributed by atoms with van der Waals surface area (Å²) in [6, 6.07) is 1.37. The number of carboxylic acids is 1. The van der Waals surface area contributed by atoms with Crippen molar-refractivity contribution in [2.24, 2.45) is 0 Å². The zero-order chi connectivity index (χ0) is 12.3. The van der Waals surface area contributed by atoms with Crippen LogP contribution in [0.15, 0.2) is 17.1 Å². The van der Waals surface area contributed by atoms with Gasteiger partial charge >= 0.3 is 5.97 Å². The molecule has 0 aliphatic heterocycles. The Labute approximate surface area is 97.1 Å². The van der Waals surface area contributed by atoms with Crippen molar-refractivity contribution in [1.29, 1.82) is 0 Å². The van der Waals surface area contributed by atoms with E-state index in [1.807, 2.05) is 0 Å². The number of rotatable bonds is 4. The smallest absolute Gasteiger partial charge is 0.323 e. The Morgan fingerprint density at radius 2 is 2.31 bits per heavy atom. The Hall–Kier alpha value is -1.56. The van der Waals surface area contributed by atoms with E-state index in [2.05, 4.69) is 5.10 Å². The number of carbonyl (C=O) groups is 1. The first-order valence-electron chi connectivity index (χ1n) is 4.53. The Kier molecular flexibility index (Phi) is 3.89. The molecular weight excluding hydrogens is 234 g/mol. The lowest BCUT2D eigenvalue weighted by Gasteiger charge is -2.12. The van der Waals surface area contributed by atoms with Crippen LogP contribution in [0.4, 0.5) is 5.69 Å². The summed E-state index contributed by atoms with van der Waals surface area (Å²) in [7, 11) is 3.56. The molecule has 1 heterocycles. The maximum atomic E-state index is 11.5. The SMILES string of the molecule is CN(C)c1cnn(CC(Cl)C(=O)O)c(=O)c1. The molecule has 0 fully saturated rings. The summed E-state index contributed by atoms with van der Waals surface area (Å²) in [5.74, 6) is -1.17. The molecule has 7 heteroatoms. The average molecular weight is 246 g/mol. The van der Waals surface area contributed by atoms with Crippen molar-refractivity contribution < 1.29 is 9.90 Å². The molecule has 6 nitrogen and oxygen atoms in total. The Balaban J connectivity index is 2.92. The second-order valence-corrected chi connectivity index (χ2v) is 3.96. The van der Waals surface area contributed by atoms with E-state index < -0.39 is 11.3 Å². The summed E-state index contributed by atoms with van der Waals surface area (Å²) in [6.45, 7) is -0.149. The molecule has 0 aliphatic carbocycles. The van der Waals surface area contributed by atoms with Gasteiger partial charge in [-0.25, -0.2) is 4.68 Å². The molecule has 1 aromatic rings. The number of nitrogens with zero attached hydrogens (tertiary/aromatic N) is 3. The molecule has 0 amide bonds. The molecular formula is C9H12ClN3O3. The zero-order valence-electron chi connectivity index (χ0n) is 8.92. The van der Waals surface area contributed by atoms with Crippen LogP contribution in [0.1, 0.15) is 0 Å². The average Bonchev–Trinajstić information content (AvgIpc) is 2.20. The van der Waals surface area contributed by atoms with E-state index in [0.717, 1.165) is 4.68 Å². The van der Waals surface area contributed by atoms with Gasteiger partial charge < -0.3 is 10.0 Å². The lowest BCUT2D eigenvalue weighted by molar-refractivity contribution is -0.136. The Morgan fingerprint density at radius 1 is 1.69 bits per heavy atom. The van der Waals surface area contributed by atoms with Crippen LogP contribution in [-0.4, -0.2) is 40.3 Å². The molecule has 88 valence electrons. The third kappa shape index (κ3) is 2.96. The van der Waals surface area contributed by atoms with E-state index in [0.29, 0.717) is 5.69 Å². The van der Waals surface area contributed by atoms with Gasteiger partial charge in [0.1, 0.15) is 0 Å². The number of hydrogen-bond donors (Lipinski definition) is 1. The Bertz CT molecular complexity index is 444. The minimum atomic E-state index is -1.17. The van der Waals surface area contributed by atoms with Crippen molar-refractivity contribution >= 4 is 23.3 Å². The molecule has 0 aliphatic rings. The number of aromatic nitrogens is 2. The molecule has 16 heavy (non-hydrogen) atoms. The summed E-state index contributed by atoms with van der Waals surface area (Å²) in [5, 5.41) is 11.3. The van der Waals surface area contributed by atoms with Gasteiger partial charge in [-0.3, -0.25) is 9.59 Å². The third-order valence-corrected chi connectivity index (χ3v) is 2.30. The molecule has 1 N–H and O–H groups in total. The molecule has 1 aromatic heterocycles. The van der Waals surface area contributed by atoms with Crippen molar-refractivity contribution in [3.63, 3.8) is 0 Å². The maximum Gasteiger partial charge on any atom is 0.323 e. The summed E-state index contributed by atoms with van der Waals surface area (Å²) in [5.41, 5.74) is 0.279. The standard InChI is InChI=1S/C9H12ClN3O3/c1-12(2)6-3-8(14)13(11-4-6)5-7(10)9(15)16/h3-4,7H,5H2,1-2H3,(H,15,16). The summed E-state index contributed by atoms with van der Waals surface area (Å²) in [6.07, 6.45) is 1.48. The van der Waals surface area contributed by atoms with Crippen LogP contribution in [0.3, 0.4) is 0 Å². The second kappa shape index (κ2) is 4.98. The molecule has 1 unspecified atom stereocenters. The fourth-order valence-corrected chi connectivity index (χ4v) is 1.17. The summed E-state index contributed by atoms with van der Waals surface area (Å²) < 4.78 is 1.03. The fraction of sp³-hybridized carbons (Fsp3) is 0.444.